The summed E-state index contributed by atoms with van der Waals surface area (Å²) < 4.78 is 6.02. The monoisotopic (exact) mass is 289 g/mol. The van der Waals surface area contributed by atoms with Crippen LogP contribution in [0.5, 0.6) is 5.75 Å². The molecule has 0 spiro atoms. The van der Waals surface area contributed by atoms with E-state index in [2.05, 4.69) is 14.9 Å². The molecule has 3 rings (SSSR count). The average molecular weight is 290 g/mol. The van der Waals surface area contributed by atoms with Crippen molar-refractivity contribution in [3.63, 3.8) is 0 Å². The molecule has 5 heteroatoms. The summed E-state index contributed by atoms with van der Waals surface area (Å²) in [6, 6.07) is 11.8. The van der Waals surface area contributed by atoms with Gasteiger partial charge >= 0.3 is 0 Å². The van der Waals surface area contributed by atoms with Gasteiger partial charge in [0.15, 0.2) is 0 Å². The molecular weight excluding hydrogens is 274 g/mol. The normalized spacial score (nSPS) is 18.9. The van der Waals surface area contributed by atoms with Gasteiger partial charge in [-0.25, -0.2) is 9.97 Å². The third-order valence-corrected chi connectivity index (χ3v) is 3.54. The van der Waals surface area contributed by atoms with Crippen molar-refractivity contribution in [1.29, 1.82) is 0 Å². The second kappa shape index (κ2) is 6.09. The maximum absolute atomic E-state index is 6.02. The lowest BCUT2D eigenvalue weighted by atomic mass is 10.1. The number of rotatable bonds is 3. The summed E-state index contributed by atoms with van der Waals surface area (Å²) in [4.78, 5) is 10.4. The molecule has 1 aliphatic heterocycles. The SMILES string of the molecule is Clc1nccc(N2CCCC(Oc3ccccc3)C2)n1. The number of hydrogen-bond donors (Lipinski definition) is 0. The Morgan fingerprint density at radius 3 is 2.85 bits per heavy atom. The number of nitrogens with zero attached hydrogens (tertiary/aromatic N) is 3. The first-order valence-corrected chi connectivity index (χ1v) is 7.14. The number of hydrogen-bond acceptors (Lipinski definition) is 4. The predicted octanol–water partition coefficient (Wildman–Crippen LogP) is 3.18. The molecule has 20 heavy (non-hydrogen) atoms. The van der Waals surface area contributed by atoms with Crippen LogP contribution >= 0.6 is 11.6 Å². The molecule has 1 aromatic carbocycles. The van der Waals surface area contributed by atoms with Crippen LogP contribution in [0.3, 0.4) is 0 Å². The first kappa shape index (κ1) is 13.2. The summed E-state index contributed by atoms with van der Waals surface area (Å²) in [6.45, 7) is 1.80. The van der Waals surface area contributed by atoms with Crippen LogP contribution < -0.4 is 9.64 Å². The van der Waals surface area contributed by atoms with Gasteiger partial charge in [-0.05, 0) is 42.6 Å². The highest BCUT2D eigenvalue weighted by atomic mass is 35.5. The van der Waals surface area contributed by atoms with Gasteiger partial charge in [0.1, 0.15) is 17.7 Å². The predicted molar refractivity (Wildman–Crippen MR) is 79.3 cm³/mol. The van der Waals surface area contributed by atoms with Crippen molar-refractivity contribution in [2.75, 3.05) is 18.0 Å². The number of para-hydroxylation sites is 1. The van der Waals surface area contributed by atoms with E-state index in [9.17, 15) is 0 Å². The van der Waals surface area contributed by atoms with Gasteiger partial charge < -0.3 is 9.64 Å². The Labute approximate surface area is 123 Å². The number of aromatic nitrogens is 2. The van der Waals surface area contributed by atoms with Gasteiger partial charge in [-0.15, -0.1) is 0 Å². The molecule has 1 saturated heterocycles. The first-order chi connectivity index (χ1) is 9.81. The quantitative estimate of drug-likeness (QED) is 0.814. The Bertz CT molecular complexity index is 564. The van der Waals surface area contributed by atoms with Gasteiger partial charge in [-0.1, -0.05) is 18.2 Å². The smallest absolute Gasteiger partial charge is 0.224 e. The summed E-state index contributed by atoms with van der Waals surface area (Å²) in [7, 11) is 0. The average Bonchev–Trinajstić information content (AvgIpc) is 2.49. The van der Waals surface area contributed by atoms with Crippen LogP contribution in [-0.2, 0) is 0 Å². The standard InChI is InChI=1S/C15H16ClN3O/c16-15-17-9-8-14(18-15)19-10-4-7-13(11-19)20-12-5-2-1-3-6-12/h1-3,5-6,8-9,13H,4,7,10-11H2. The topological polar surface area (TPSA) is 38.2 Å². The van der Waals surface area contributed by atoms with E-state index in [4.69, 9.17) is 16.3 Å². The zero-order valence-corrected chi connectivity index (χ0v) is 11.8. The molecule has 0 saturated carbocycles. The molecule has 1 atom stereocenters. The molecular formula is C15H16ClN3O. The Balaban J connectivity index is 1.67. The van der Waals surface area contributed by atoms with Gasteiger partial charge in [0.05, 0.1) is 6.54 Å². The Kier molecular flexibility index (Phi) is 4.02. The van der Waals surface area contributed by atoms with Crippen LogP contribution in [0.2, 0.25) is 5.28 Å². The minimum absolute atomic E-state index is 0.180. The van der Waals surface area contributed by atoms with Crippen molar-refractivity contribution in [3.05, 3.63) is 47.9 Å². The van der Waals surface area contributed by atoms with Crippen LogP contribution in [0.15, 0.2) is 42.6 Å². The maximum Gasteiger partial charge on any atom is 0.224 e. The molecule has 1 aromatic heterocycles. The second-order valence-electron chi connectivity index (χ2n) is 4.83. The molecule has 1 unspecified atom stereocenters. The summed E-state index contributed by atoms with van der Waals surface area (Å²) in [5, 5.41) is 0.286. The number of benzene rings is 1. The zero-order chi connectivity index (χ0) is 13.8. The highest BCUT2D eigenvalue weighted by Crippen LogP contribution is 2.22. The minimum Gasteiger partial charge on any atom is -0.489 e. The van der Waals surface area contributed by atoms with Crippen LogP contribution in [0.1, 0.15) is 12.8 Å². The molecule has 0 N–H and O–H groups in total. The minimum atomic E-state index is 0.180. The van der Waals surface area contributed by atoms with Crippen LogP contribution in [0, 0.1) is 0 Å². The molecule has 2 heterocycles. The summed E-state index contributed by atoms with van der Waals surface area (Å²) in [5.74, 6) is 1.78. The van der Waals surface area contributed by atoms with Crippen molar-refractivity contribution in [3.8, 4) is 5.75 Å². The van der Waals surface area contributed by atoms with Crippen molar-refractivity contribution >= 4 is 17.4 Å². The lowest BCUT2D eigenvalue weighted by molar-refractivity contribution is 0.179. The number of halogens is 1. The zero-order valence-electron chi connectivity index (χ0n) is 11.1. The van der Waals surface area contributed by atoms with Crippen molar-refractivity contribution < 1.29 is 4.74 Å². The first-order valence-electron chi connectivity index (χ1n) is 6.76. The third-order valence-electron chi connectivity index (χ3n) is 3.36. The van der Waals surface area contributed by atoms with Gasteiger partial charge in [0, 0.05) is 12.7 Å². The molecule has 1 aliphatic rings. The molecule has 104 valence electrons. The number of piperidine rings is 1. The van der Waals surface area contributed by atoms with Gasteiger partial charge in [0.25, 0.3) is 0 Å². The van der Waals surface area contributed by atoms with E-state index in [-0.39, 0.29) is 11.4 Å². The molecule has 2 aromatic rings. The van der Waals surface area contributed by atoms with E-state index in [1.54, 1.807) is 6.20 Å². The molecule has 0 radical (unpaired) electrons. The summed E-state index contributed by atoms with van der Waals surface area (Å²) in [5.41, 5.74) is 0. The Morgan fingerprint density at radius 2 is 2.05 bits per heavy atom. The highest BCUT2D eigenvalue weighted by molar-refractivity contribution is 6.28. The van der Waals surface area contributed by atoms with Crippen LogP contribution in [-0.4, -0.2) is 29.2 Å². The van der Waals surface area contributed by atoms with Crippen LogP contribution in [0.25, 0.3) is 0 Å². The molecule has 0 aliphatic carbocycles. The van der Waals surface area contributed by atoms with Crippen molar-refractivity contribution in [2.24, 2.45) is 0 Å². The van der Waals surface area contributed by atoms with E-state index in [1.807, 2.05) is 36.4 Å². The second-order valence-corrected chi connectivity index (χ2v) is 5.16. The van der Waals surface area contributed by atoms with E-state index in [0.29, 0.717) is 0 Å². The van der Waals surface area contributed by atoms with E-state index in [1.165, 1.54) is 0 Å². The largest absolute Gasteiger partial charge is 0.489 e. The summed E-state index contributed by atoms with van der Waals surface area (Å²) in [6.07, 6.45) is 4.01. The lowest BCUT2D eigenvalue weighted by Crippen LogP contribution is -2.41. The fourth-order valence-electron chi connectivity index (χ4n) is 2.44. The molecule has 4 nitrogen and oxygen atoms in total. The lowest BCUT2D eigenvalue weighted by Gasteiger charge is -2.33. The number of anilines is 1. The highest BCUT2D eigenvalue weighted by Gasteiger charge is 2.22. The van der Waals surface area contributed by atoms with E-state index >= 15 is 0 Å². The van der Waals surface area contributed by atoms with Gasteiger partial charge in [-0.2, -0.15) is 0 Å². The molecule has 0 bridgehead atoms. The maximum atomic E-state index is 6.02. The number of ether oxygens (including phenoxy) is 1. The van der Waals surface area contributed by atoms with Crippen molar-refractivity contribution in [2.45, 2.75) is 18.9 Å². The molecule has 0 amide bonds. The fourth-order valence-corrected chi connectivity index (χ4v) is 2.58. The van der Waals surface area contributed by atoms with Gasteiger partial charge in [-0.3, -0.25) is 0 Å². The van der Waals surface area contributed by atoms with Crippen molar-refractivity contribution in [1.82, 2.24) is 9.97 Å². The Hall–Kier alpha value is -1.81. The Morgan fingerprint density at radius 1 is 1.20 bits per heavy atom. The van der Waals surface area contributed by atoms with Crippen LogP contribution in [0.4, 0.5) is 5.82 Å². The van der Waals surface area contributed by atoms with Gasteiger partial charge in [0.2, 0.25) is 5.28 Å². The van der Waals surface area contributed by atoms with E-state index in [0.717, 1.165) is 37.5 Å². The summed E-state index contributed by atoms with van der Waals surface area (Å²) >= 11 is 5.85. The third kappa shape index (κ3) is 3.20. The fraction of sp³-hybridized carbons (Fsp3) is 0.333. The molecule has 1 fully saturated rings. The van der Waals surface area contributed by atoms with E-state index < -0.39 is 0 Å².